The largest absolute Gasteiger partial charge is 0.367 e. The molecule has 0 spiro atoms. The van der Waals surface area contributed by atoms with E-state index in [-0.39, 0.29) is 5.60 Å². The Hall–Kier alpha value is -0.940. The van der Waals surface area contributed by atoms with E-state index >= 15 is 0 Å². The van der Waals surface area contributed by atoms with Gasteiger partial charge >= 0.3 is 0 Å². The molecule has 1 saturated heterocycles. The third-order valence-corrected chi connectivity index (χ3v) is 4.45. The van der Waals surface area contributed by atoms with Gasteiger partial charge in [0, 0.05) is 13.0 Å². The normalized spacial score (nSPS) is 24.1. The molecular formula is C16H29N3O2. The van der Waals surface area contributed by atoms with Crippen molar-refractivity contribution in [3.63, 3.8) is 0 Å². The summed E-state index contributed by atoms with van der Waals surface area (Å²) in [6.45, 7) is 5.83. The Morgan fingerprint density at radius 3 is 2.81 bits per heavy atom. The molecule has 2 N–H and O–H groups in total. The van der Waals surface area contributed by atoms with Crippen LogP contribution in [0.15, 0.2) is 4.52 Å². The van der Waals surface area contributed by atoms with Gasteiger partial charge in [-0.2, -0.15) is 4.98 Å². The second-order valence-corrected chi connectivity index (χ2v) is 6.32. The average molecular weight is 295 g/mol. The Morgan fingerprint density at radius 1 is 1.29 bits per heavy atom. The smallest absolute Gasteiger partial charge is 0.226 e. The SMILES string of the molecule is CCCC(CCN)CCc1nc(C2(C)CCCCO2)no1. The summed E-state index contributed by atoms with van der Waals surface area (Å²) in [7, 11) is 0. The summed E-state index contributed by atoms with van der Waals surface area (Å²) in [5, 5.41) is 4.15. The first-order chi connectivity index (χ1) is 10.2. The maximum Gasteiger partial charge on any atom is 0.226 e. The highest BCUT2D eigenvalue weighted by atomic mass is 16.5. The summed E-state index contributed by atoms with van der Waals surface area (Å²) in [4.78, 5) is 4.56. The molecule has 0 aliphatic carbocycles. The number of rotatable bonds is 8. The lowest BCUT2D eigenvalue weighted by Crippen LogP contribution is -2.31. The maximum absolute atomic E-state index is 5.87. The molecule has 0 amide bonds. The molecule has 1 aromatic heterocycles. The van der Waals surface area contributed by atoms with Crippen molar-refractivity contribution >= 4 is 0 Å². The molecule has 21 heavy (non-hydrogen) atoms. The lowest BCUT2D eigenvalue weighted by atomic mass is 9.94. The third-order valence-electron chi connectivity index (χ3n) is 4.45. The van der Waals surface area contributed by atoms with E-state index in [0.717, 1.165) is 57.6 Å². The zero-order chi connectivity index (χ0) is 15.1. The van der Waals surface area contributed by atoms with E-state index in [4.69, 9.17) is 15.0 Å². The van der Waals surface area contributed by atoms with Gasteiger partial charge in [-0.05, 0) is 51.5 Å². The number of nitrogens with zero attached hydrogens (tertiary/aromatic N) is 2. The number of hydrogen-bond acceptors (Lipinski definition) is 5. The van der Waals surface area contributed by atoms with Gasteiger partial charge in [0.15, 0.2) is 0 Å². The van der Waals surface area contributed by atoms with Gasteiger partial charge in [-0.25, -0.2) is 0 Å². The Balaban J connectivity index is 1.90. The summed E-state index contributed by atoms with van der Waals surface area (Å²) in [5.74, 6) is 2.11. The first kappa shape index (κ1) is 16.4. The van der Waals surface area contributed by atoms with E-state index in [1.54, 1.807) is 0 Å². The number of aromatic nitrogens is 2. The van der Waals surface area contributed by atoms with E-state index < -0.39 is 0 Å². The molecule has 1 aliphatic rings. The Labute approximate surface area is 127 Å². The minimum absolute atomic E-state index is 0.361. The summed E-state index contributed by atoms with van der Waals surface area (Å²) in [6, 6.07) is 0. The predicted octanol–water partition coefficient (Wildman–Crippen LogP) is 3.18. The van der Waals surface area contributed by atoms with Gasteiger partial charge < -0.3 is 15.0 Å². The van der Waals surface area contributed by atoms with Crippen LogP contribution in [0, 0.1) is 5.92 Å². The first-order valence-corrected chi connectivity index (χ1v) is 8.35. The number of nitrogens with two attached hydrogens (primary N) is 1. The van der Waals surface area contributed by atoms with E-state index in [1.807, 2.05) is 0 Å². The summed E-state index contributed by atoms with van der Waals surface area (Å²) < 4.78 is 11.3. The molecule has 2 rings (SSSR count). The van der Waals surface area contributed by atoms with E-state index in [2.05, 4.69) is 24.0 Å². The molecule has 5 heteroatoms. The molecule has 2 atom stereocenters. The number of ether oxygens (including phenoxy) is 1. The van der Waals surface area contributed by atoms with Crippen LogP contribution in [0.3, 0.4) is 0 Å². The Bertz CT molecular complexity index is 407. The molecule has 0 bridgehead atoms. The molecule has 0 saturated carbocycles. The number of aryl methyl sites for hydroxylation is 1. The lowest BCUT2D eigenvalue weighted by molar-refractivity contribution is -0.0770. The van der Waals surface area contributed by atoms with Gasteiger partial charge in [0.05, 0.1) is 0 Å². The minimum Gasteiger partial charge on any atom is -0.367 e. The molecule has 0 aromatic carbocycles. The third kappa shape index (κ3) is 4.51. The molecule has 1 aliphatic heterocycles. The van der Waals surface area contributed by atoms with Crippen molar-refractivity contribution in [1.82, 2.24) is 10.1 Å². The quantitative estimate of drug-likeness (QED) is 0.797. The fourth-order valence-electron chi connectivity index (χ4n) is 3.09. The van der Waals surface area contributed by atoms with Crippen molar-refractivity contribution in [3.05, 3.63) is 11.7 Å². The van der Waals surface area contributed by atoms with Crippen LogP contribution < -0.4 is 5.73 Å². The van der Waals surface area contributed by atoms with Crippen LogP contribution in [0.1, 0.15) is 70.5 Å². The zero-order valence-corrected chi connectivity index (χ0v) is 13.4. The standard InChI is InChI=1S/C16H29N3O2/c1-3-6-13(9-11-17)7-8-14-18-15(19-21-14)16(2)10-4-5-12-20-16/h13H,3-12,17H2,1-2H3. The van der Waals surface area contributed by atoms with Crippen molar-refractivity contribution in [1.29, 1.82) is 0 Å². The van der Waals surface area contributed by atoms with Crippen molar-refractivity contribution < 1.29 is 9.26 Å². The highest BCUT2D eigenvalue weighted by Gasteiger charge is 2.34. The minimum atomic E-state index is -0.361. The van der Waals surface area contributed by atoms with Gasteiger partial charge in [-0.15, -0.1) is 0 Å². The van der Waals surface area contributed by atoms with Crippen LogP contribution in [0.25, 0.3) is 0 Å². The molecule has 1 fully saturated rings. The molecule has 5 nitrogen and oxygen atoms in total. The monoisotopic (exact) mass is 295 g/mol. The van der Waals surface area contributed by atoms with Crippen LogP contribution in [-0.4, -0.2) is 23.3 Å². The summed E-state index contributed by atoms with van der Waals surface area (Å²) >= 11 is 0. The summed E-state index contributed by atoms with van der Waals surface area (Å²) in [6.07, 6.45) is 8.67. The first-order valence-electron chi connectivity index (χ1n) is 8.35. The van der Waals surface area contributed by atoms with Crippen molar-refractivity contribution in [3.8, 4) is 0 Å². The van der Waals surface area contributed by atoms with Gasteiger partial charge in [0.25, 0.3) is 0 Å². The topological polar surface area (TPSA) is 74.2 Å². The highest BCUT2D eigenvalue weighted by molar-refractivity contribution is 5.00. The molecule has 0 radical (unpaired) electrons. The van der Waals surface area contributed by atoms with E-state index in [1.165, 1.54) is 12.8 Å². The van der Waals surface area contributed by atoms with Crippen LogP contribution in [-0.2, 0) is 16.8 Å². The molecule has 2 unspecified atom stereocenters. The van der Waals surface area contributed by atoms with Gasteiger partial charge in [0.2, 0.25) is 11.7 Å². The molecule has 1 aromatic rings. The fourth-order valence-corrected chi connectivity index (χ4v) is 3.09. The van der Waals surface area contributed by atoms with Gasteiger partial charge in [-0.1, -0.05) is 24.9 Å². The Morgan fingerprint density at radius 2 is 2.14 bits per heavy atom. The second-order valence-electron chi connectivity index (χ2n) is 6.32. The van der Waals surface area contributed by atoms with E-state index in [9.17, 15) is 0 Å². The molecule has 2 heterocycles. The van der Waals surface area contributed by atoms with Crippen LogP contribution in [0.5, 0.6) is 0 Å². The van der Waals surface area contributed by atoms with Gasteiger partial charge in [0.1, 0.15) is 5.60 Å². The highest BCUT2D eigenvalue weighted by Crippen LogP contribution is 2.32. The van der Waals surface area contributed by atoms with E-state index in [0.29, 0.717) is 11.7 Å². The summed E-state index contributed by atoms with van der Waals surface area (Å²) in [5.41, 5.74) is 5.32. The lowest BCUT2D eigenvalue weighted by Gasteiger charge is -2.30. The van der Waals surface area contributed by atoms with Gasteiger partial charge in [-0.3, -0.25) is 0 Å². The van der Waals surface area contributed by atoms with Crippen LogP contribution in [0.4, 0.5) is 0 Å². The predicted molar refractivity (Wildman–Crippen MR) is 81.8 cm³/mol. The fraction of sp³-hybridized carbons (Fsp3) is 0.875. The average Bonchev–Trinajstić information content (AvgIpc) is 2.96. The second kappa shape index (κ2) is 7.90. The number of hydrogen-bond donors (Lipinski definition) is 1. The maximum atomic E-state index is 5.87. The van der Waals surface area contributed by atoms with Crippen molar-refractivity contribution in [2.45, 2.75) is 70.8 Å². The molecule has 120 valence electrons. The van der Waals surface area contributed by atoms with Crippen LogP contribution in [0.2, 0.25) is 0 Å². The molecular weight excluding hydrogens is 266 g/mol. The Kier molecular flexibility index (Phi) is 6.18. The van der Waals surface area contributed by atoms with Crippen molar-refractivity contribution in [2.24, 2.45) is 11.7 Å². The zero-order valence-electron chi connectivity index (χ0n) is 13.4. The van der Waals surface area contributed by atoms with Crippen molar-refractivity contribution in [2.75, 3.05) is 13.2 Å². The van der Waals surface area contributed by atoms with Crippen LogP contribution >= 0.6 is 0 Å².